The average molecular weight is 525 g/mol. The number of rotatable bonds is 13. The second-order valence-electron chi connectivity index (χ2n) is 8.37. The smallest absolute Gasteiger partial charge is 0.344 e. The molecule has 1 aromatic heterocycles. The predicted octanol–water partition coefficient (Wildman–Crippen LogP) is 5.86. The van der Waals surface area contributed by atoms with Gasteiger partial charge in [-0.3, -0.25) is 0 Å². The first kappa shape index (κ1) is 26.2. The van der Waals surface area contributed by atoms with Crippen molar-refractivity contribution in [1.82, 2.24) is 4.98 Å². The highest BCUT2D eigenvalue weighted by Gasteiger charge is 2.18. The summed E-state index contributed by atoms with van der Waals surface area (Å²) in [6.45, 7) is 3.30. The SMILES string of the molecule is CCC(Oc1cccc(CCN(CCOc2ccc(Cl)cc2)c2nc3cc(OC)ccc3o2)c1)C(=O)O. The zero-order valence-corrected chi connectivity index (χ0v) is 21.5. The molecule has 0 aliphatic rings. The van der Waals surface area contributed by atoms with Crippen molar-refractivity contribution in [2.24, 2.45) is 0 Å². The molecule has 0 spiro atoms. The van der Waals surface area contributed by atoms with Crippen LogP contribution < -0.4 is 19.1 Å². The standard InChI is InChI=1S/C28H29ClN2O6/c1-3-25(27(32)33)36-23-6-4-5-19(17-23)13-14-31(15-16-35-21-9-7-20(29)8-10-21)28-30-24-18-22(34-2)11-12-26(24)37-28/h4-12,17-18,25H,3,13-16H2,1-2H3,(H,32,33). The molecule has 0 aliphatic heterocycles. The second kappa shape index (κ2) is 12.4. The van der Waals surface area contributed by atoms with Crippen LogP contribution in [0.25, 0.3) is 11.1 Å². The van der Waals surface area contributed by atoms with E-state index in [0.29, 0.717) is 66.2 Å². The number of benzene rings is 3. The third-order valence-corrected chi connectivity index (χ3v) is 6.04. The fourth-order valence-electron chi connectivity index (χ4n) is 3.78. The van der Waals surface area contributed by atoms with Crippen molar-refractivity contribution in [3.05, 3.63) is 77.3 Å². The van der Waals surface area contributed by atoms with Crippen LogP contribution in [0.1, 0.15) is 18.9 Å². The summed E-state index contributed by atoms with van der Waals surface area (Å²) in [5.41, 5.74) is 2.36. The number of hydrogen-bond acceptors (Lipinski definition) is 7. The van der Waals surface area contributed by atoms with Crippen LogP contribution in [0.15, 0.2) is 71.1 Å². The van der Waals surface area contributed by atoms with E-state index < -0.39 is 12.1 Å². The Hall–Kier alpha value is -3.91. The lowest BCUT2D eigenvalue weighted by Crippen LogP contribution is -2.30. The van der Waals surface area contributed by atoms with Gasteiger partial charge in [-0.15, -0.1) is 0 Å². The van der Waals surface area contributed by atoms with Crippen molar-refractivity contribution in [3.8, 4) is 17.2 Å². The molecular weight excluding hydrogens is 496 g/mol. The van der Waals surface area contributed by atoms with E-state index in [4.69, 9.17) is 30.2 Å². The Kier molecular flexibility index (Phi) is 8.74. The maximum Gasteiger partial charge on any atom is 0.344 e. The number of aromatic nitrogens is 1. The summed E-state index contributed by atoms with van der Waals surface area (Å²) in [5.74, 6) is 0.972. The maximum absolute atomic E-state index is 11.4. The molecule has 1 N–H and O–H groups in total. The molecule has 9 heteroatoms. The number of carboxylic acids is 1. The number of nitrogens with zero attached hydrogens (tertiary/aromatic N) is 2. The van der Waals surface area contributed by atoms with E-state index >= 15 is 0 Å². The highest BCUT2D eigenvalue weighted by atomic mass is 35.5. The summed E-state index contributed by atoms with van der Waals surface area (Å²) < 4.78 is 22.9. The van der Waals surface area contributed by atoms with Crippen LogP contribution in [0.5, 0.6) is 17.2 Å². The first-order chi connectivity index (χ1) is 17.9. The van der Waals surface area contributed by atoms with Gasteiger partial charge >= 0.3 is 5.97 Å². The van der Waals surface area contributed by atoms with E-state index in [1.54, 1.807) is 32.2 Å². The normalized spacial score (nSPS) is 11.8. The Morgan fingerprint density at radius 1 is 1.05 bits per heavy atom. The molecule has 0 saturated heterocycles. The third-order valence-electron chi connectivity index (χ3n) is 5.79. The first-order valence-electron chi connectivity index (χ1n) is 12.0. The Morgan fingerprint density at radius 2 is 1.84 bits per heavy atom. The van der Waals surface area contributed by atoms with Crippen molar-refractivity contribution in [2.45, 2.75) is 25.9 Å². The predicted molar refractivity (Wildman–Crippen MR) is 142 cm³/mol. The van der Waals surface area contributed by atoms with Gasteiger partial charge in [0.05, 0.1) is 13.7 Å². The molecule has 3 aromatic carbocycles. The molecule has 0 fully saturated rings. The Labute approximate surface area is 220 Å². The summed E-state index contributed by atoms with van der Waals surface area (Å²) in [6.07, 6.45) is 0.154. The molecule has 0 aliphatic carbocycles. The Bertz CT molecular complexity index is 1320. The van der Waals surface area contributed by atoms with Crippen LogP contribution in [0, 0.1) is 0 Å². The minimum absolute atomic E-state index is 0.378. The highest BCUT2D eigenvalue weighted by molar-refractivity contribution is 6.30. The number of carbonyl (C=O) groups is 1. The molecule has 0 radical (unpaired) electrons. The molecule has 0 bridgehead atoms. The van der Waals surface area contributed by atoms with E-state index in [1.807, 2.05) is 53.4 Å². The number of ether oxygens (including phenoxy) is 3. The van der Waals surface area contributed by atoms with Crippen LogP contribution in [0.3, 0.4) is 0 Å². The molecule has 0 amide bonds. The number of oxazole rings is 1. The minimum Gasteiger partial charge on any atom is -0.497 e. The molecule has 1 heterocycles. The monoisotopic (exact) mass is 524 g/mol. The number of fused-ring (bicyclic) bond motifs is 1. The van der Waals surface area contributed by atoms with Gasteiger partial charge < -0.3 is 28.6 Å². The molecule has 1 atom stereocenters. The number of hydrogen-bond donors (Lipinski definition) is 1. The van der Waals surface area contributed by atoms with Crippen molar-refractivity contribution in [2.75, 3.05) is 31.7 Å². The largest absolute Gasteiger partial charge is 0.497 e. The zero-order chi connectivity index (χ0) is 26.2. The third kappa shape index (κ3) is 7.07. The van der Waals surface area contributed by atoms with E-state index in [0.717, 1.165) is 11.3 Å². The van der Waals surface area contributed by atoms with E-state index in [-0.39, 0.29) is 0 Å². The first-order valence-corrected chi connectivity index (χ1v) is 12.4. The molecule has 8 nitrogen and oxygen atoms in total. The lowest BCUT2D eigenvalue weighted by atomic mass is 10.1. The van der Waals surface area contributed by atoms with Crippen LogP contribution in [0.4, 0.5) is 6.01 Å². The lowest BCUT2D eigenvalue weighted by Gasteiger charge is -2.21. The number of aliphatic carboxylic acids is 1. The summed E-state index contributed by atoms with van der Waals surface area (Å²) in [7, 11) is 1.61. The van der Waals surface area contributed by atoms with Gasteiger partial charge in [0.15, 0.2) is 11.7 Å². The van der Waals surface area contributed by atoms with Gasteiger partial charge in [0.25, 0.3) is 6.01 Å². The van der Waals surface area contributed by atoms with Crippen LogP contribution >= 0.6 is 11.6 Å². The van der Waals surface area contributed by atoms with Crippen LogP contribution in [0.2, 0.25) is 5.02 Å². The molecule has 4 aromatic rings. The molecule has 0 saturated carbocycles. The molecule has 37 heavy (non-hydrogen) atoms. The van der Waals surface area contributed by atoms with Gasteiger partial charge in [-0.05, 0) is 66.9 Å². The number of carboxylic acid groups (broad SMARTS) is 1. The van der Waals surface area contributed by atoms with E-state index in [9.17, 15) is 9.90 Å². The number of methoxy groups -OCH3 is 1. The molecule has 1 unspecified atom stereocenters. The van der Waals surface area contributed by atoms with Gasteiger partial charge in [0.2, 0.25) is 0 Å². The van der Waals surface area contributed by atoms with Gasteiger partial charge in [0.1, 0.15) is 29.4 Å². The van der Waals surface area contributed by atoms with Crippen molar-refractivity contribution >= 4 is 34.7 Å². The van der Waals surface area contributed by atoms with Gasteiger partial charge in [-0.25, -0.2) is 4.79 Å². The van der Waals surface area contributed by atoms with Crippen molar-refractivity contribution < 1.29 is 28.5 Å². The minimum atomic E-state index is -0.979. The zero-order valence-electron chi connectivity index (χ0n) is 20.7. The fraction of sp³-hybridized carbons (Fsp3) is 0.286. The Morgan fingerprint density at radius 3 is 2.57 bits per heavy atom. The number of halogens is 1. The number of anilines is 1. The van der Waals surface area contributed by atoms with E-state index in [2.05, 4.69) is 4.98 Å². The topological polar surface area (TPSA) is 94.3 Å². The van der Waals surface area contributed by atoms with Gasteiger partial charge in [-0.1, -0.05) is 30.7 Å². The lowest BCUT2D eigenvalue weighted by molar-refractivity contribution is -0.145. The van der Waals surface area contributed by atoms with E-state index in [1.165, 1.54) is 0 Å². The van der Waals surface area contributed by atoms with Crippen molar-refractivity contribution in [1.29, 1.82) is 0 Å². The maximum atomic E-state index is 11.4. The highest BCUT2D eigenvalue weighted by Crippen LogP contribution is 2.26. The fourth-order valence-corrected chi connectivity index (χ4v) is 3.90. The summed E-state index contributed by atoms with van der Waals surface area (Å²) in [4.78, 5) is 18.0. The van der Waals surface area contributed by atoms with Crippen LogP contribution in [-0.4, -0.2) is 49.0 Å². The summed E-state index contributed by atoms with van der Waals surface area (Å²) >= 11 is 5.97. The molecular formula is C28H29ClN2O6. The molecule has 4 rings (SSSR count). The summed E-state index contributed by atoms with van der Waals surface area (Å²) in [5, 5.41) is 9.95. The average Bonchev–Trinajstić information content (AvgIpc) is 3.33. The second-order valence-corrected chi connectivity index (χ2v) is 8.81. The summed E-state index contributed by atoms with van der Waals surface area (Å²) in [6, 6.07) is 20.7. The van der Waals surface area contributed by atoms with Gasteiger partial charge in [0, 0.05) is 17.6 Å². The quantitative estimate of drug-likeness (QED) is 0.232. The molecule has 194 valence electrons. The van der Waals surface area contributed by atoms with Gasteiger partial charge in [-0.2, -0.15) is 4.98 Å². The van der Waals surface area contributed by atoms with Crippen molar-refractivity contribution in [3.63, 3.8) is 0 Å². The van der Waals surface area contributed by atoms with Crippen LogP contribution in [-0.2, 0) is 11.2 Å². The Balaban J connectivity index is 1.48.